The van der Waals surface area contributed by atoms with Crippen molar-refractivity contribution in [3.05, 3.63) is 133 Å². The van der Waals surface area contributed by atoms with Gasteiger partial charge in [-0.25, -0.2) is 9.67 Å². The van der Waals surface area contributed by atoms with Crippen molar-refractivity contribution >= 4 is 35.5 Å². The Morgan fingerprint density at radius 2 is 1.05 bits per heavy atom. The highest BCUT2D eigenvalue weighted by atomic mass is 28.3. The van der Waals surface area contributed by atoms with Crippen LogP contribution < -0.4 is 15.3 Å². The van der Waals surface area contributed by atoms with Crippen molar-refractivity contribution in [3.63, 3.8) is 0 Å². The molecule has 0 saturated heterocycles. The van der Waals surface area contributed by atoms with E-state index in [2.05, 4.69) is 103 Å². The van der Waals surface area contributed by atoms with E-state index >= 15 is 0 Å². The standard InChI is InChI=1S/C34H28N4Si/c1-39(2)31-19-11-9-17-29(31)37(30-18-10-12-20-32(30)39)27-23-21-26(22-24-27)34-35-33(25-13-5-3-6-14-25)36-38(34)28-15-7-4-8-16-28/h3-24H,1-2H3. The first-order valence-corrected chi connectivity index (χ1v) is 16.3. The number of anilines is 3. The number of hydrogen-bond acceptors (Lipinski definition) is 3. The van der Waals surface area contributed by atoms with E-state index in [1.165, 1.54) is 21.7 Å². The zero-order chi connectivity index (χ0) is 26.4. The molecule has 0 radical (unpaired) electrons. The van der Waals surface area contributed by atoms with E-state index in [0.29, 0.717) is 5.82 Å². The predicted octanol–water partition coefficient (Wildman–Crippen LogP) is 7.21. The highest BCUT2D eigenvalue weighted by Gasteiger charge is 2.38. The quantitative estimate of drug-likeness (QED) is 0.230. The third-order valence-electron chi connectivity index (χ3n) is 7.66. The Morgan fingerprint density at radius 1 is 0.513 bits per heavy atom. The van der Waals surface area contributed by atoms with Gasteiger partial charge in [-0.1, -0.05) is 98.0 Å². The molecule has 0 spiro atoms. The normalized spacial score (nSPS) is 13.5. The van der Waals surface area contributed by atoms with Crippen LogP contribution in [-0.4, -0.2) is 22.8 Å². The van der Waals surface area contributed by atoms with Crippen LogP contribution in [0.25, 0.3) is 28.5 Å². The third-order valence-corrected chi connectivity index (χ3v) is 11.2. The SMILES string of the molecule is C[Si]1(C)c2ccccc2N(c2ccc(-c3nc(-c4ccccc4)nn3-c3ccccc3)cc2)c2ccccc21. The molecule has 0 amide bonds. The molecule has 6 aromatic rings. The van der Waals surface area contributed by atoms with Gasteiger partial charge in [0.15, 0.2) is 11.6 Å². The second-order valence-corrected chi connectivity index (χ2v) is 14.7. The molecule has 2 heterocycles. The van der Waals surface area contributed by atoms with E-state index in [9.17, 15) is 0 Å². The van der Waals surface area contributed by atoms with Gasteiger partial charge < -0.3 is 4.90 Å². The summed E-state index contributed by atoms with van der Waals surface area (Å²) in [5.41, 5.74) is 6.69. The second-order valence-electron chi connectivity index (χ2n) is 10.4. The summed E-state index contributed by atoms with van der Waals surface area (Å²) in [4.78, 5) is 7.41. The highest BCUT2D eigenvalue weighted by molar-refractivity contribution is 7.02. The molecule has 0 atom stereocenters. The van der Waals surface area contributed by atoms with Crippen molar-refractivity contribution in [2.24, 2.45) is 0 Å². The maximum absolute atomic E-state index is 5.00. The van der Waals surface area contributed by atoms with Gasteiger partial charge >= 0.3 is 0 Å². The van der Waals surface area contributed by atoms with Gasteiger partial charge in [0.1, 0.15) is 8.07 Å². The molecule has 0 N–H and O–H groups in total. The van der Waals surface area contributed by atoms with Gasteiger partial charge in [0.25, 0.3) is 0 Å². The van der Waals surface area contributed by atoms with Crippen LogP contribution in [0.3, 0.4) is 0 Å². The number of benzene rings is 5. The van der Waals surface area contributed by atoms with Gasteiger partial charge in [-0.05, 0) is 58.9 Å². The number of hydrogen-bond donors (Lipinski definition) is 0. The molecule has 0 fully saturated rings. The van der Waals surface area contributed by atoms with Crippen molar-refractivity contribution in [2.45, 2.75) is 13.1 Å². The maximum atomic E-state index is 5.00. The minimum atomic E-state index is -1.81. The van der Waals surface area contributed by atoms with Crippen LogP contribution in [0.4, 0.5) is 17.1 Å². The van der Waals surface area contributed by atoms with E-state index in [1.54, 1.807) is 0 Å². The molecule has 1 aliphatic heterocycles. The molecule has 1 aromatic heterocycles. The minimum Gasteiger partial charge on any atom is -0.311 e. The van der Waals surface area contributed by atoms with Crippen LogP contribution >= 0.6 is 0 Å². The first-order valence-electron chi connectivity index (χ1n) is 13.3. The molecule has 0 unspecified atom stereocenters. The summed E-state index contributed by atoms with van der Waals surface area (Å²) >= 11 is 0. The first-order chi connectivity index (χ1) is 19.1. The third kappa shape index (κ3) is 3.90. The Kier molecular flexibility index (Phi) is 5.53. The summed E-state index contributed by atoms with van der Waals surface area (Å²) in [6.07, 6.45) is 0. The van der Waals surface area contributed by atoms with Crippen molar-refractivity contribution in [1.29, 1.82) is 0 Å². The molecular weight excluding hydrogens is 492 g/mol. The lowest BCUT2D eigenvalue weighted by molar-refractivity contribution is 0.890. The number of para-hydroxylation sites is 3. The highest BCUT2D eigenvalue weighted by Crippen LogP contribution is 2.38. The van der Waals surface area contributed by atoms with Crippen LogP contribution in [0.1, 0.15) is 0 Å². The zero-order valence-electron chi connectivity index (χ0n) is 22.0. The average Bonchev–Trinajstić information content (AvgIpc) is 3.44. The van der Waals surface area contributed by atoms with Crippen molar-refractivity contribution in [2.75, 3.05) is 4.90 Å². The van der Waals surface area contributed by atoms with Crippen LogP contribution in [0, 0.1) is 0 Å². The molecule has 5 aromatic carbocycles. The van der Waals surface area contributed by atoms with Crippen LogP contribution in [-0.2, 0) is 0 Å². The van der Waals surface area contributed by atoms with Crippen LogP contribution in [0.15, 0.2) is 133 Å². The monoisotopic (exact) mass is 520 g/mol. The molecule has 1 aliphatic rings. The molecule has 0 saturated carbocycles. The van der Waals surface area contributed by atoms with Crippen molar-refractivity contribution < 1.29 is 0 Å². The predicted molar refractivity (Wildman–Crippen MR) is 164 cm³/mol. The molecule has 4 nitrogen and oxygen atoms in total. The Labute approximate surface area is 229 Å². The molecule has 0 aliphatic carbocycles. The Morgan fingerprint density at radius 3 is 1.67 bits per heavy atom. The fourth-order valence-electron chi connectivity index (χ4n) is 5.66. The molecule has 7 rings (SSSR count). The summed E-state index contributed by atoms with van der Waals surface area (Å²) < 4.78 is 1.94. The zero-order valence-corrected chi connectivity index (χ0v) is 23.0. The van der Waals surface area contributed by atoms with E-state index in [1.807, 2.05) is 53.2 Å². The topological polar surface area (TPSA) is 34.0 Å². The largest absolute Gasteiger partial charge is 0.311 e. The molecule has 39 heavy (non-hydrogen) atoms. The smallest absolute Gasteiger partial charge is 0.182 e. The van der Waals surface area contributed by atoms with E-state index < -0.39 is 8.07 Å². The fraction of sp³-hybridized carbons (Fsp3) is 0.0588. The molecule has 188 valence electrons. The maximum Gasteiger partial charge on any atom is 0.182 e. The number of nitrogens with zero attached hydrogens (tertiary/aromatic N) is 4. The summed E-state index contributed by atoms with van der Waals surface area (Å²) in [5, 5.41) is 7.84. The van der Waals surface area contributed by atoms with Crippen LogP contribution in [0.2, 0.25) is 13.1 Å². The second kappa shape index (κ2) is 9.22. The molecular formula is C34H28N4Si. The van der Waals surface area contributed by atoms with Crippen LogP contribution in [0.5, 0.6) is 0 Å². The summed E-state index contributed by atoms with van der Waals surface area (Å²) in [5.74, 6) is 1.53. The Bertz CT molecular complexity index is 1720. The summed E-state index contributed by atoms with van der Waals surface area (Å²) in [6.45, 7) is 4.90. The Balaban J connectivity index is 1.35. The van der Waals surface area contributed by atoms with E-state index in [4.69, 9.17) is 10.1 Å². The van der Waals surface area contributed by atoms with Gasteiger partial charge in [-0.2, -0.15) is 0 Å². The minimum absolute atomic E-state index is 0.713. The first kappa shape index (κ1) is 23.4. The van der Waals surface area contributed by atoms with E-state index in [-0.39, 0.29) is 0 Å². The molecule has 5 heteroatoms. The van der Waals surface area contributed by atoms with Crippen molar-refractivity contribution in [1.82, 2.24) is 14.8 Å². The van der Waals surface area contributed by atoms with E-state index in [0.717, 1.165) is 28.3 Å². The van der Waals surface area contributed by atoms with Gasteiger partial charge in [-0.15, -0.1) is 5.10 Å². The average molecular weight is 521 g/mol. The Hall–Kier alpha value is -4.74. The lowest BCUT2D eigenvalue weighted by Crippen LogP contribution is -2.58. The summed E-state index contributed by atoms with van der Waals surface area (Å²) in [6, 6.07) is 46.9. The number of rotatable bonds is 4. The molecule has 0 bridgehead atoms. The van der Waals surface area contributed by atoms with Gasteiger partial charge in [0, 0.05) is 28.2 Å². The fourth-order valence-corrected chi connectivity index (χ4v) is 8.65. The lowest BCUT2D eigenvalue weighted by Gasteiger charge is -2.41. The van der Waals surface area contributed by atoms with Crippen molar-refractivity contribution in [3.8, 4) is 28.5 Å². The van der Waals surface area contributed by atoms with Gasteiger partial charge in [0.05, 0.1) is 5.69 Å². The lowest BCUT2D eigenvalue weighted by atomic mass is 10.1. The number of aromatic nitrogens is 3. The number of fused-ring (bicyclic) bond motifs is 2. The van der Waals surface area contributed by atoms with Gasteiger partial charge in [-0.3, -0.25) is 0 Å². The summed E-state index contributed by atoms with van der Waals surface area (Å²) in [7, 11) is -1.81. The van der Waals surface area contributed by atoms with Gasteiger partial charge in [0.2, 0.25) is 0 Å².